The maximum absolute atomic E-state index is 5.46. The zero-order chi connectivity index (χ0) is 16.9. The SMILES string of the molecule is CN=C(NCCCc1cc2c(OC)cc(OC)cc2[nH]1)NC1CC1. The second-order valence-corrected chi connectivity index (χ2v) is 6.11. The second-order valence-electron chi connectivity index (χ2n) is 6.11. The molecule has 0 spiro atoms. The molecule has 24 heavy (non-hydrogen) atoms. The van der Waals surface area contributed by atoms with Gasteiger partial charge in [0.15, 0.2) is 5.96 Å². The molecule has 0 atom stereocenters. The van der Waals surface area contributed by atoms with E-state index in [1.807, 2.05) is 19.2 Å². The van der Waals surface area contributed by atoms with Gasteiger partial charge in [0.25, 0.3) is 0 Å². The van der Waals surface area contributed by atoms with Gasteiger partial charge in [-0.15, -0.1) is 0 Å². The molecule has 1 aliphatic rings. The molecule has 3 rings (SSSR count). The Bertz CT molecular complexity index is 719. The van der Waals surface area contributed by atoms with Crippen molar-refractivity contribution in [3.8, 4) is 11.5 Å². The molecule has 1 fully saturated rings. The maximum atomic E-state index is 5.46. The third kappa shape index (κ3) is 3.93. The largest absolute Gasteiger partial charge is 0.497 e. The number of ether oxygens (including phenoxy) is 2. The van der Waals surface area contributed by atoms with Crippen LogP contribution in [0.4, 0.5) is 0 Å². The number of guanidine groups is 1. The molecule has 130 valence electrons. The molecule has 0 bridgehead atoms. The highest BCUT2D eigenvalue weighted by molar-refractivity contribution is 5.88. The Hall–Kier alpha value is -2.37. The molecule has 0 unspecified atom stereocenters. The van der Waals surface area contributed by atoms with Crippen molar-refractivity contribution < 1.29 is 9.47 Å². The Morgan fingerprint density at radius 3 is 2.75 bits per heavy atom. The first-order valence-corrected chi connectivity index (χ1v) is 8.44. The van der Waals surface area contributed by atoms with Gasteiger partial charge in [-0.1, -0.05) is 0 Å². The predicted octanol–water partition coefficient (Wildman–Crippen LogP) is 2.45. The van der Waals surface area contributed by atoms with Crippen LogP contribution in [-0.4, -0.2) is 44.8 Å². The normalized spacial score (nSPS) is 14.7. The molecule has 6 heteroatoms. The molecule has 1 aromatic heterocycles. The first kappa shape index (κ1) is 16.5. The molecule has 0 amide bonds. The van der Waals surface area contributed by atoms with E-state index in [2.05, 4.69) is 26.7 Å². The topological polar surface area (TPSA) is 70.7 Å². The number of fused-ring (bicyclic) bond motifs is 1. The molecule has 2 aromatic rings. The minimum atomic E-state index is 0.618. The third-order valence-electron chi connectivity index (χ3n) is 4.24. The lowest BCUT2D eigenvalue weighted by atomic mass is 10.2. The van der Waals surface area contributed by atoms with E-state index in [9.17, 15) is 0 Å². The summed E-state index contributed by atoms with van der Waals surface area (Å²) >= 11 is 0. The van der Waals surface area contributed by atoms with Crippen molar-refractivity contribution >= 4 is 16.9 Å². The van der Waals surface area contributed by atoms with Crippen LogP contribution in [0.15, 0.2) is 23.2 Å². The second kappa shape index (κ2) is 7.47. The summed E-state index contributed by atoms with van der Waals surface area (Å²) in [6.45, 7) is 0.891. The number of aryl methyl sites for hydroxylation is 1. The molecule has 1 saturated carbocycles. The molecule has 1 heterocycles. The fraction of sp³-hybridized carbons (Fsp3) is 0.500. The number of hydrogen-bond donors (Lipinski definition) is 3. The lowest BCUT2D eigenvalue weighted by Gasteiger charge is -2.10. The number of rotatable bonds is 7. The van der Waals surface area contributed by atoms with Crippen LogP contribution in [0.3, 0.4) is 0 Å². The zero-order valence-electron chi connectivity index (χ0n) is 14.6. The van der Waals surface area contributed by atoms with Crippen molar-refractivity contribution in [3.05, 3.63) is 23.9 Å². The van der Waals surface area contributed by atoms with Crippen molar-refractivity contribution in [2.45, 2.75) is 31.7 Å². The van der Waals surface area contributed by atoms with Gasteiger partial charge in [-0.05, 0) is 31.7 Å². The number of aliphatic imine (C=N–C) groups is 1. The van der Waals surface area contributed by atoms with Crippen molar-refractivity contribution in [3.63, 3.8) is 0 Å². The summed E-state index contributed by atoms with van der Waals surface area (Å²) in [5.74, 6) is 2.53. The highest BCUT2D eigenvalue weighted by atomic mass is 16.5. The van der Waals surface area contributed by atoms with Crippen molar-refractivity contribution in [2.75, 3.05) is 27.8 Å². The van der Waals surface area contributed by atoms with Crippen molar-refractivity contribution in [1.82, 2.24) is 15.6 Å². The quantitative estimate of drug-likeness (QED) is 0.414. The van der Waals surface area contributed by atoms with E-state index in [-0.39, 0.29) is 0 Å². The maximum Gasteiger partial charge on any atom is 0.191 e. The molecule has 3 N–H and O–H groups in total. The van der Waals surface area contributed by atoms with E-state index in [0.717, 1.165) is 47.7 Å². The summed E-state index contributed by atoms with van der Waals surface area (Å²) < 4.78 is 10.8. The van der Waals surface area contributed by atoms with Gasteiger partial charge in [-0.2, -0.15) is 0 Å². The average Bonchev–Trinajstić information content (AvgIpc) is 3.33. The number of aromatic nitrogens is 1. The molecule has 0 radical (unpaired) electrons. The van der Waals surface area contributed by atoms with Crippen LogP contribution in [-0.2, 0) is 6.42 Å². The van der Waals surface area contributed by atoms with E-state index < -0.39 is 0 Å². The Balaban J connectivity index is 1.57. The molecular weight excluding hydrogens is 304 g/mol. The minimum Gasteiger partial charge on any atom is -0.497 e. The van der Waals surface area contributed by atoms with Crippen LogP contribution in [0.25, 0.3) is 10.9 Å². The first-order valence-electron chi connectivity index (χ1n) is 8.44. The molecule has 1 aliphatic carbocycles. The van der Waals surface area contributed by atoms with Crippen molar-refractivity contribution in [2.24, 2.45) is 4.99 Å². The summed E-state index contributed by atoms with van der Waals surface area (Å²) in [6, 6.07) is 6.69. The van der Waals surface area contributed by atoms with Gasteiger partial charge in [0.05, 0.1) is 19.7 Å². The third-order valence-corrected chi connectivity index (χ3v) is 4.24. The van der Waals surface area contributed by atoms with Gasteiger partial charge in [-0.25, -0.2) is 0 Å². The molecule has 0 saturated heterocycles. The number of nitrogens with zero attached hydrogens (tertiary/aromatic N) is 1. The Morgan fingerprint density at radius 1 is 1.25 bits per heavy atom. The molecule has 1 aromatic carbocycles. The summed E-state index contributed by atoms with van der Waals surface area (Å²) in [6.07, 6.45) is 4.49. The number of methoxy groups -OCH3 is 2. The van der Waals surface area contributed by atoms with Gasteiger partial charge in [-0.3, -0.25) is 4.99 Å². The van der Waals surface area contributed by atoms with Crippen LogP contribution in [0.1, 0.15) is 25.0 Å². The summed E-state index contributed by atoms with van der Waals surface area (Å²) in [5, 5.41) is 7.85. The van der Waals surface area contributed by atoms with Gasteiger partial charge in [0, 0.05) is 42.8 Å². The number of benzene rings is 1. The van der Waals surface area contributed by atoms with Gasteiger partial charge in [0.2, 0.25) is 0 Å². The van der Waals surface area contributed by atoms with Crippen LogP contribution in [0.5, 0.6) is 11.5 Å². The van der Waals surface area contributed by atoms with E-state index in [1.165, 1.54) is 18.5 Å². The lowest BCUT2D eigenvalue weighted by molar-refractivity contribution is 0.398. The summed E-state index contributed by atoms with van der Waals surface area (Å²) in [5.41, 5.74) is 2.24. The highest BCUT2D eigenvalue weighted by Gasteiger charge is 2.21. The summed E-state index contributed by atoms with van der Waals surface area (Å²) in [7, 11) is 5.16. The number of aromatic amines is 1. The summed E-state index contributed by atoms with van der Waals surface area (Å²) in [4.78, 5) is 7.70. The Morgan fingerprint density at radius 2 is 2.08 bits per heavy atom. The number of hydrogen-bond acceptors (Lipinski definition) is 3. The molecule has 6 nitrogen and oxygen atoms in total. The molecular formula is C18H26N4O2. The Labute approximate surface area is 142 Å². The van der Waals surface area contributed by atoms with E-state index >= 15 is 0 Å². The smallest absolute Gasteiger partial charge is 0.191 e. The highest BCUT2D eigenvalue weighted by Crippen LogP contribution is 2.31. The molecule has 0 aliphatic heterocycles. The number of nitrogens with one attached hydrogen (secondary N) is 3. The first-order chi connectivity index (χ1) is 11.7. The van der Waals surface area contributed by atoms with Gasteiger partial charge in [0.1, 0.15) is 11.5 Å². The number of H-pyrrole nitrogens is 1. The standard InChI is InChI=1S/C18H26N4O2/c1-19-18(22-12-6-7-12)20-8-4-5-13-9-15-16(21-13)10-14(23-2)11-17(15)24-3/h9-12,21H,4-8H2,1-3H3,(H2,19,20,22). The van der Waals surface area contributed by atoms with Gasteiger partial charge >= 0.3 is 0 Å². The van der Waals surface area contributed by atoms with Crippen molar-refractivity contribution in [1.29, 1.82) is 0 Å². The Kier molecular flexibility index (Phi) is 5.13. The predicted molar refractivity (Wildman–Crippen MR) is 97.2 cm³/mol. The lowest BCUT2D eigenvalue weighted by Crippen LogP contribution is -2.39. The zero-order valence-corrected chi connectivity index (χ0v) is 14.6. The van der Waals surface area contributed by atoms with Crippen LogP contribution < -0.4 is 20.1 Å². The van der Waals surface area contributed by atoms with Crippen LogP contribution >= 0.6 is 0 Å². The van der Waals surface area contributed by atoms with E-state index in [0.29, 0.717) is 6.04 Å². The fourth-order valence-electron chi connectivity index (χ4n) is 2.76. The minimum absolute atomic E-state index is 0.618. The van der Waals surface area contributed by atoms with Crippen LogP contribution in [0.2, 0.25) is 0 Å². The van der Waals surface area contributed by atoms with E-state index in [1.54, 1.807) is 14.2 Å². The van der Waals surface area contributed by atoms with Gasteiger partial charge < -0.3 is 25.1 Å². The van der Waals surface area contributed by atoms with E-state index in [4.69, 9.17) is 9.47 Å². The van der Waals surface area contributed by atoms with Crippen LogP contribution in [0, 0.1) is 0 Å². The average molecular weight is 330 g/mol. The fourth-order valence-corrected chi connectivity index (χ4v) is 2.76. The monoisotopic (exact) mass is 330 g/mol.